The van der Waals surface area contributed by atoms with Crippen molar-refractivity contribution < 1.29 is 33.4 Å². The second-order valence-corrected chi connectivity index (χ2v) is 9.91. The number of rotatable bonds is 8. The Morgan fingerprint density at radius 3 is 2.33 bits per heavy atom. The van der Waals surface area contributed by atoms with Gasteiger partial charge in [-0.2, -0.15) is 4.98 Å². The molecular formula is C31H26FN3O7. The number of carbonyl (C=O) groups excluding carboxylic acids is 2. The molecule has 1 saturated heterocycles. The molecule has 0 spiro atoms. The Kier molecular flexibility index (Phi) is 8.21. The smallest absolute Gasteiger partial charge is 0.354 e. The number of nitrogens with zero attached hydrogens (tertiary/aromatic N) is 2. The van der Waals surface area contributed by atoms with Crippen LogP contribution in [0.5, 0.6) is 5.75 Å². The lowest BCUT2D eigenvalue weighted by molar-refractivity contribution is 0.0677. The maximum atomic E-state index is 16.2. The molecule has 4 aromatic rings. The molecule has 0 radical (unpaired) electrons. The van der Waals surface area contributed by atoms with Crippen molar-refractivity contribution in [3.8, 4) is 11.4 Å². The molecule has 0 saturated carbocycles. The molecule has 1 aliphatic rings. The topological polar surface area (TPSA) is 137 Å². The minimum atomic E-state index is -1.41. The predicted molar refractivity (Wildman–Crippen MR) is 150 cm³/mol. The van der Waals surface area contributed by atoms with Gasteiger partial charge in [0.25, 0.3) is 5.91 Å². The van der Waals surface area contributed by atoms with Gasteiger partial charge < -0.3 is 19.9 Å². The lowest BCUT2D eigenvalue weighted by Crippen LogP contribution is -2.26. The van der Waals surface area contributed by atoms with Crippen molar-refractivity contribution >= 4 is 23.7 Å². The van der Waals surface area contributed by atoms with Crippen molar-refractivity contribution in [2.45, 2.75) is 25.9 Å². The van der Waals surface area contributed by atoms with E-state index in [1.54, 1.807) is 48.5 Å². The van der Waals surface area contributed by atoms with Gasteiger partial charge in [-0.1, -0.05) is 43.3 Å². The van der Waals surface area contributed by atoms with Crippen LogP contribution >= 0.6 is 0 Å². The van der Waals surface area contributed by atoms with Crippen LogP contribution in [0.25, 0.3) is 5.69 Å². The van der Waals surface area contributed by atoms with Crippen LogP contribution in [0.3, 0.4) is 0 Å². The van der Waals surface area contributed by atoms with Gasteiger partial charge in [0.1, 0.15) is 5.82 Å². The Balaban J connectivity index is 1.57. The van der Waals surface area contributed by atoms with E-state index in [0.29, 0.717) is 18.6 Å². The molecule has 214 valence electrons. The van der Waals surface area contributed by atoms with E-state index in [-0.39, 0.29) is 34.8 Å². The zero-order valence-electron chi connectivity index (χ0n) is 22.5. The van der Waals surface area contributed by atoms with Gasteiger partial charge in [-0.25, -0.2) is 18.8 Å². The number of esters is 1. The summed E-state index contributed by atoms with van der Waals surface area (Å²) in [5.41, 5.74) is -1.48. The summed E-state index contributed by atoms with van der Waals surface area (Å²) >= 11 is 0. The lowest BCUT2D eigenvalue weighted by atomic mass is 9.96. The molecule has 2 N–H and O–H groups in total. The third-order valence-electron chi connectivity index (χ3n) is 6.79. The molecule has 2 unspecified atom stereocenters. The number of carboxylic acid groups (broad SMARTS) is 1. The number of aromatic carboxylic acids is 1. The number of halogens is 1. The number of hydrogen-bond donors (Lipinski definition) is 2. The van der Waals surface area contributed by atoms with Crippen LogP contribution in [0.2, 0.25) is 0 Å². The molecule has 1 aromatic heterocycles. The monoisotopic (exact) mass is 571 g/mol. The maximum absolute atomic E-state index is 16.2. The molecule has 2 atom stereocenters. The SMILES string of the molecule is CC1COC(Cc2c(C(=O)O)cc(-n3ccc(NC(=O)c4ccccc4)nc3=O)c(F)c2OC(=O)c2ccccc2)C1. The van der Waals surface area contributed by atoms with Crippen molar-refractivity contribution in [1.82, 2.24) is 9.55 Å². The molecule has 10 nitrogen and oxygen atoms in total. The highest BCUT2D eigenvalue weighted by Crippen LogP contribution is 2.35. The van der Waals surface area contributed by atoms with Crippen molar-refractivity contribution in [2.24, 2.45) is 5.92 Å². The second-order valence-electron chi connectivity index (χ2n) is 9.91. The van der Waals surface area contributed by atoms with E-state index < -0.39 is 46.9 Å². The van der Waals surface area contributed by atoms with Crippen molar-refractivity contribution in [1.29, 1.82) is 0 Å². The summed E-state index contributed by atoms with van der Waals surface area (Å²) in [5, 5.41) is 12.6. The Labute approximate surface area is 239 Å². The first-order chi connectivity index (χ1) is 20.2. The molecule has 1 amide bonds. The first-order valence-electron chi connectivity index (χ1n) is 13.1. The predicted octanol–water partition coefficient (Wildman–Crippen LogP) is 4.51. The summed E-state index contributed by atoms with van der Waals surface area (Å²) in [6, 6.07) is 18.4. The molecule has 1 aliphatic heterocycles. The number of hydrogen-bond acceptors (Lipinski definition) is 7. The van der Waals surface area contributed by atoms with Gasteiger partial charge >= 0.3 is 17.6 Å². The summed E-state index contributed by atoms with van der Waals surface area (Å²) in [5.74, 6) is -4.46. The number of ether oxygens (including phenoxy) is 2. The van der Waals surface area contributed by atoms with Gasteiger partial charge in [0.15, 0.2) is 11.6 Å². The largest absolute Gasteiger partial charge is 0.478 e. The highest BCUT2D eigenvalue weighted by atomic mass is 19.1. The quantitative estimate of drug-likeness (QED) is 0.233. The number of benzene rings is 3. The molecule has 3 aromatic carbocycles. The first-order valence-corrected chi connectivity index (χ1v) is 13.1. The number of amides is 1. The average Bonchev–Trinajstić information content (AvgIpc) is 3.40. The van der Waals surface area contributed by atoms with E-state index in [2.05, 4.69) is 10.3 Å². The van der Waals surface area contributed by atoms with Gasteiger partial charge in [0.05, 0.1) is 22.9 Å². The molecule has 2 heterocycles. The van der Waals surface area contributed by atoms with E-state index in [4.69, 9.17) is 9.47 Å². The van der Waals surface area contributed by atoms with Crippen molar-refractivity contribution in [3.05, 3.63) is 118 Å². The minimum Gasteiger partial charge on any atom is -0.478 e. The molecule has 42 heavy (non-hydrogen) atoms. The summed E-state index contributed by atoms with van der Waals surface area (Å²) in [4.78, 5) is 54.7. The number of carbonyl (C=O) groups is 3. The molecule has 1 fully saturated rings. The number of nitrogens with one attached hydrogen (secondary N) is 1. The van der Waals surface area contributed by atoms with Crippen molar-refractivity contribution in [3.63, 3.8) is 0 Å². The highest BCUT2D eigenvalue weighted by molar-refractivity contribution is 6.03. The van der Waals surface area contributed by atoms with Gasteiger partial charge in [0, 0.05) is 30.4 Å². The maximum Gasteiger partial charge on any atom is 0.354 e. The summed E-state index contributed by atoms with van der Waals surface area (Å²) in [7, 11) is 0. The Morgan fingerprint density at radius 1 is 1.07 bits per heavy atom. The van der Waals surface area contributed by atoms with Crippen LogP contribution in [-0.4, -0.2) is 45.2 Å². The molecule has 0 aliphatic carbocycles. The van der Waals surface area contributed by atoms with E-state index in [0.717, 1.165) is 16.8 Å². The summed E-state index contributed by atoms with van der Waals surface area (Å²) < 4.78 is 28.2. The fourth-order valence-corrected chi connectivity index (χ4v) is 4.75. The summed E-state index contributed by atoms with van der Waals surface area (Å²) in [6.07, 6.45) is 1.30. The minimum absolute atomic E-state index is 0.0296. The first kappa shape index (κ1) is 28.4. The third kappa shape index (κ3) is 6.11. The van der Waals surface area contributed by atoms with Gasteiger partial charge in [-0.15, -0.1) is 0 Å². The van der Waals surface area contributed by atoms with Crippen LogP contribution in [0, 0.1) is 11.7 Å². The van der Waals surface area contributed by atoms with E-state index in [9.17, 15) is 24.3 Å². The van der Waals surface area contributed by atoms with Crippen LogP contribution < -0.4 is 15.7 Å². The zero-order valence-corrected chi connectivity index (χ0v) is 22.5. The van der Waals surface area contributed by atoms with E-state index >= 15 is 4.39 Å². The fraction of sp³-hybridized carbons (Fsp3) is 0.194. The van der Waals surface area contributed by atoms with Crippen LogP contribution in [0.15, 0.2) is 83.8 Å². The van der Waals surface area contributed by atoms with E-state index in [1.165, 1.54) is 18.2 Å². The third-order valence-corrected chi connectivity index (χ3v) is 6.79. The normalized spacial score (nSPS) is 16.1. The summed E-state index contributed by atoms with van der Waals surface area (Å²) in [6.45, 7) is 2.44. The molecule has 11 heteroatoms. The number of aromatic nitrogens is 2. The van der Waals surface area contributed by atoms with Gasteiger partial charge in [0.2, 0.25) is 0 Å². The highest BCUT2D eigenvalue weighted by Gasteiger charge is 2.31. The lowest BCUT2D eigenvalue weighted by Gasteiger charge is -2.19. The van der Waals surface area contributed by atoms with Crippen LogP contribution in [-0.2, 0) is 11.2 Å². The Hall–Kier alpha value is -5.16. The fourth-order valence-electron chi connectivity index (χ4n) is 4.75. The van der Waals surface area contributed by atoms with Gasteiger partial charge in [-0.05, 0) is 48.7 Å². The standard InChI is InChI=1S/C31H26FN3O7/c1-18-14-21(41-17-18)15-22-23(29(37)38)16-24(26(32)27(22)42-30(39)20-10-6-3-7-11-20)35-13-12-25(34-31(35)40)33-28(36)19-8-4-2-5-9-19/h2-13,16,18,21H,14-15,17H2,1H3,(H,37,38)(H,33,34,36,40). The molecule has 5 rings (SSSR count). The van der Waals surface area contributed by atoms with Crippen LogP contribution in [0.4, 0.5) is 10.2 Å². The number of carboxylic acids is 1. The number of anilines is 1. The Bertz CT molecular complexity index is 1710. The zero-order chi connectivity index (χ0) is 29.8. The molecule has 0 bridgehead atoms. The van der Waals surface area contributed by atoms with Crippen molar-refractivity contribution in [2.75, 3.05) is 11.9 Å². The average molecular weight is 572 g/mol. The Morgan fingerprint density at radius 2 is 1.74 bits per heavy atom. The van der Waals surface area contributed by atoms with Gasteiger partial charge in [-0.3, -0.25) is 9.36 Å². The molecular weight excluding hydrogens is 545 g/mol. The second kappa shape index (κ2) is 12.1. The van der Waals surface area contributed by atoms with E-state index in [1.807, 2.05) is 6.92 Å². The van der Waals surface area contributed by atoms with Crippen LogP contribution in [0.1, 0.15) is 50.0 Å².